The highest BCUT2D eigenvalue weighted by molar-refractivity contribution is 7.19. The van der Waals surface area contributed by atoms with Crippen LogP contribution in [0.1, 0.15) is 23.8 Å². The number of hydrogen-bond donors (Lipinski definition) is 1. The summed E-state index contributed by atoms with van der Waals surface area (Å²) < 4.78 is 0. The summed E-state index contributed by atoms with van der Waals surface area (Å²) in [5, 5.41) is 4.40. The number of rotatable bonds is 2. The number of terminal acetylenes is 1. The molecule has 0 unspecified atom stereocenters. The molecule has 1 aliphatic rings. The zero-order chi connectivity index (χ0) is 12.5. The molecule has 92 valence electrons. The van der Waals surface area contributed by atoms with Crippen molar-refractivity contribution in [2.45, 2.75) is 26.2 Å². The summed E-state index contributed by atoms with van der Waals surface area (Å²) in [6.07, 6.45) is 10.5. The van der Waals surface area contributed by atoms with Gasteiger partial charge in [-0.25, -0.2) is 9.97 Å². The van der Waals surface area contributed by atoms with Crippen LogP contribution in [0.3, 0.4) is 0 Å². The number of fused-ring (bicyclic) bond motifs is 3. The zero-order valence-corrected chi connectivity index (χ0v) is 11.2. The van der Waals surface area contributed by atoms with Crippen molar-refractivity contribution in [2.75, 3.05) is 11.9 Å². The maximum absolute atomic E-state index is 5.30. The van der Waals surface area contributed by atoms with Gasteiger partial charge in [-0.15, -0.1) is 17.8 Å². The number of nitrogens with one attached hydrogen (secondary N) is 1. The highest BCUT2D eigenvalue weighted by Crippen LogP contribution is 2.39. The van der Waals surface area contributed by atoms with Gasteiger partial charge in [0.05, 0.1) is 11.9 Å². The molecule has 0 saturated carbocycles. The summed E-state index contributed by atoms with van der Waals surface area (Å²) in [6.45, 7) is 2.82. The lowest BCUT2D eigenvalue weighted by Crippen LogP contribution is -2.09. The molecule has 0 bridgehead atoms. The van der Waals surface area contributed by atoms with Crippen LogP contribution in [0.5, 0.6) is 0 Å². The number of nitrogens with zero attached hydrogens (tertiary/aromatic N) is 2. The Kier molecular flexibility index (Phi) is 2.92. The van der Waals surface area contributed by atoms with E-state index in [2.05, 4.69) is 28.1 Å². The maximum atomic E-state index is 5.30. The average molecular weight is 257 g/mol. The molecule has 2 aromatic rings. The normalized spacial score (nSPS) is 18.3. The van der Waals surface area contributed by atoms with Gasteiger partial charge in [0, 0.05) is 4.88 Å². The first kappa shape index (κ1) is 11.5. The fourth-order valence-electron chi connectivity index (χ4n) is 2.54. The van der Waals surface area contributed by atoms with Crippen LogP contribution in [0.25, 0.3) is 10.2 Å². The molecule has 0 spiro atoms. The molecule has 0 aromatic carbocycles. The predicted octanol–water partition coefficient (Wildman–Crippen LogP) is 2.86. The van der Waals surface area contributed by atoms with Crippen LogP contribution in [0, 0.1) is 18.3 Å². The first-order valence-electron chi connectivity index (χ1n) is 6.22. The van der Waals surface area contributed by atoms with Gasteiger partial charge in [-0.05, 0) is 30.7 Å². The van der Waals surface area contributed by atoms with E-state index < -0.39 is 0 Å². The molecular formula is C14H15N3S. The molecule has 3 nitrogen and oxygen atoms in total. The standard InChI is InChI=1S/C14H15N3S/c1-3-6-15-13-12-10-5-4-9(2)7-11(10)18-14(12)17-8-16-13/h1,8-9H,4-7H2,2H3,(H,15,16,17)/t9-/m1/s1. The molecule has 0 radical (unpaired) electrons. The van der Waals surface area contributed by atoms with Crippen molar-refractivity contribution in [2.24, 2.45) is 5.92 Å². The Morgan fingerprint density at radius 3 is 3.28 bits per heavy atom. The fraction of sp³-hybridized carbons (Fsp3) is 0.429. The average Bonchev–Trinajstić information content (AvgIpc) is 2.73. The monoisotopic (exact) mass is 257 g/mol. The minimum absolute atomic E-state index is 0.507. The third kappa shape index (κ3) is 1.85. The van der Waals surface area contributed by atoms with Crippen LogP contribution >= 0.6 is 11.3 Å². The highest BCUT2D eigenvalue weighted by Gasteiger charge is 2.22. The zero-order valence-electron chi connectivity index (χ0n) is 10.4. The van der Waals surface area contributed by atoms with E-state index in [1.165, 1.54) is 28.7 Å². The Morgan fingerprint density at radius 2 is 2.44 bits per heavy atom. The third-order valence-electron chi connectivity index (χ3n) is 3.45. The van der Waals surface area contributed by atoms with E-state index in [1.807, 2.05) is 11.3 Å². The van der Waals surface area contributed by atoms with Crippen LogP contribution < -0.4 is 5.32 Å². The van der Waals surface area contributed by atoms with Crippen LogP contribution in [0.15, 0.2) is 6.33 Å². The lowest BCUT2D eigenvalue weighted by molar-refractivity contribution is 0.509. The van der Waals surface area contributed by atoms with Gasteiger partial charge in [0.15, 0.2) is 0 Å². The van der Waals surface area contributed by atoms with E-state index in [0.717, 1.165) is 23.0 Å². The second-order valence-corrected chi connectivity index (χ2v) is 5.90. The highest BCUT2D eigenvalue weighted by atomic mass is 32.1. The second-order valence-electron chi connectivity index (χ2n) is 4.81. The molecule has 1 aliphatic carbocycles. The van der Waals surface area contributed by atoms with Gasteiger partial charge in [0.1, 0.15) is 17.0 Å². The molecule has 4 heteroatoms. The molecule has 18 heavy (non-hydrogen) atoms. The first-order valence-corrected chi connectivity index (χ1v) is 7.04. The number of thiophene rings is 1. The van der Waals surface area contributed by atoms with Crippen LogP contribution in [-0.4, -0.2) is 16.5 Å². The smallest absolute Gasteiger partial charge is 0.139 e. The molecule has 2 aromatic heterocycles. The summed E-state index contributed by atoms with van der Waals surface area (Å²) in [6, 6.07) is 0. The van der Waals surface area contributed by atoms with E-state index in [9.17, 15) is 0 Å². The van der Waals surface area contributed by atoms with E-state index in [1.54, 1.807) is 6.33 Å². The lowest BCUT2D eigenvalue weighted by atomic mass is 9.89. The predicted molar refractivity (Wildman–Crippen MR) is 75.9 cm³/mol. The van der Waals surface area contributed by atoms with Crippen molar-refractivity contribution in [3.05, 3.63) is 16.8 Å². The minimum atomic E-state index is 0.507. The second kappa shape index (κ2) is 4.58. The molecule has 2 heterocycles. The Bertz CT molecular complexity index is 624. The summed E-state index contributed by atoms with van der Waals surface area (Å²) >= 11 is 1.81. The molecule has 1 N–H and O–H groups in total. The Labute approximate surface area is 111 Å². The van der Waals surface area contributed by atoms with E-state index >= 15 is 0 Å². The largest absolute Gasteiger partial charge is 0.359 e. The van der Waals surface area contributed by atoms with Gasteiger partial charge >= 0.3 is 0 Å². The minimum Gasteiger partial charge on any atom is -0.359 e. The van der Waals surface area contributed by atoms with Gasteiger partial charge in [0.2, 0.25) is 0 Å². The fourth-order valence-corrected chi connectivity index (χ4v) is 3.89. The Balaban J connectivity index is 2.12. The van der Waals surface area contributed by atoms with Gasteiger partial charge in [-0.1, -0.05) is 12.8 Å². The molecule has 3 rings (SSSR count). The summed E-state index contributed by atoms with van der Waals surface area (Å²) in [5.74, 6) is 4.26. The van der Waals surface area contributed by atoms with Crippen molar-refractivity contribution in [1.29, 1.82) is 0 Å². The van der Waals surface area contributed by atoms with Crippen LogP contribution in [-0.2, 0) is 12.8 Å². The van der Waals surface area contributed by atoms with Crippen molar-refractivity contribution >= 4 is 27.4 Å². The van der Waals surface area contributed by atoms with Crippen molar-refractivity contribution in [1.82, 2.24) is 9.97 Å². The summed E-state index contributed by atoms with van der Waals surface area (Å²) in [4.78, 5) is 11.3. The Hall–Kier alpha value is -1.60. The maximum Gasteiger partial charge on any atom is 0.139 e. The SMILES string of the molecule is C#CCNc1ncnc2sc3c(c12)CC[C@@H](C)C3. The number of anilines is 1. The Morgan fingerprint density at radius 1 is 1.56 bits per heavy atom. The number of aryl methyl sites for hydroxylation is 1. The van der Waals surface area contributed by atoms with Gasteiger partial charge in [-0.3, -0.25) is 0 Å². The molecular weight excluding hydrogens is 242 g/mol. The molecule has 1 atom stereocenters. The van der Waals surface area contributed by atoms with Gasteiger partial charge < -0.3 is 5.32 Å². The molecule has 0 amide bonds. The summed E-state index contributed by atoms with van der Waals surface area (Å²) in [5.41, 5.74) is 1.44. The van der Waals surface area contributed by atoms with Crippen LogP contribution in [0.2, 0.25) is 0 Å². The van der Waals surface area contributed by atoms with Gasteiger partial charge in [0.25, 0.3) is 0 Å². The number of hydrogen-bond acceptors (Lipinski definition) is 4. The summed E-state index contributed by atoms with van der Waals surface area (Å²) in [7, 11) is 0. The molecule has 0 saturated heterocycles. The van der Waals surface area contributed by atoms with E-state index in [4.69, 9.17) is 6.42 Å². The van der Waals surface area contributed by atoms with E-state index in [0.29, 0.717) is 6.54 Å². The van der Waals surface area contributed by atoms with Gasteiger partial charge in [-0.2, -0.15) is 0 Å². The topological polar surface area (TPSA) is 37.8 Å². The van der Waals surface area contributed by atoms with Crippen LogP contribution in [0.4, 0.5) is 5.82 Å². The van der Waals surface area contributed by atoms with Crippen molar-refractivity contribution < 1.29 is 0 Å². The molecule has 0 aliphatic heterocycles. The third-order valence-corrected chi connectivity index (χ3v) is 4.61. The first-order chi connectivity index (χ1) is 8.79. The lowest BCUT2D eigenvalue weighted by Gasteiger charge is -2.18. The molecule has 0 fully saturated rings. The quantitative estimate of drug-likeness (QED) is 0.841. The van der Waals surface area contributed by atoms with Crippen molar-refractivity contribution in [3.8, 4) is 12.3 Å². The van der Waals surface area contributed by atoms with E-state index in [-0.39, 0.29) is 0 Å². The van der Waals surface area contributed by atoms with Crippen molar-refractivity contribution in [3.63, 3.8) is 0 Å². The number of aromatic nitrogens is 2.